The first kappa shape index (κ1) is 12.5. The minimum Gasteiger partial charge on any atom is -0.477 e. The van der Waals surface area contributed by atoms with Crippen LogP contribution >= 0.6 is 11.3 Å². The van der Waals surface area contributed by atoms with Gasteiger partial charge in [-0.15, -0.1) is 11.3 Å². The van der Waals surface area contributed by atoms with E-state index >= 15 is 0 Å². The van der Waals surface area contributed by atoms with Crippen LogP contribution in [-0.4, -0.2) is 26.8 Å². The Hall–Kier alpha value is -1.93. The van der Waals surface area contributed by atoms with Gasteiger partial charge in [0.15, 0.2) is 0 Å². The van der Waals surface area contributed by atoms with Crippen molar-refractivity contribution in [2.75, 3.05) is 6.54 Å². The molecule has 0 saturated carbocycles. The topological polar surface area (TPSA) is 107 Å². The lowest BCUT2D eigenvalue weighted by Crippen LogP contribution is -2.40. The highest BCUT2D eigenvalue weighted by Crippen LogP contribution is 2.21. The maximum Gasteiger partial charge on any atom is 0.345 e. The van der Waals surface area contributed by atoms with Crippen LogP contribution in [0.5, 0.6) is 0 Å². The molecule has 0 radical (unpaired) electrons. The summed E-state index contributed by atoms with van der Waals surface area (Å²) in [4.78, 5) is 35.2. The second-order valence-electron chi connectivity index (χ2n) is 3.72. The van der Waals surface area contributed by atoms with Crippen LogP contribution in [0.4, 0.5) is 0 Å². The Balaban J connectivity index is 2.90. The largest absolute Gasteiger partial charge is 0.477 e. The number of thiophene rings is 1. The van der Waals surface area contributed by atoms with E-state index in [1.807, 2.05) is 0 Å². The number of nitrogens with zero attached hydrogens (tertiary/aromatic N) is 2. The number of hydrogen-bond donors (Lipinski definition) is 2. The molecule has 2 aromatic rings. The fourth-order valence-corrected chi connectivity index (χ4v) is 2.66. The SMILES string of the molecule is Cn1c(=O)n(CCN)c(=O)c2cc(C(=O)O)sc21. The number of nitrogens with two attached hydrogens (primary N) is 1. The van der Waals surface area contributed by atoms with Gasteiger partial charge in [0, 0.05) is 20.1 Å². The zero-order valence-electron chi connectivity index (χ0n) is 9.54. The predicted molar refractivity (Wildman–Crippen MR) is 67.3 cm³/mol. The summed E-state index contributed by atoms with van der Waals surface area (Å²) in [6.45, 7) is 0.274. The number of carboxylic acids is 1. The van der Waals surface area contributed by atoms with Crippen molar-refractivity contribution in [1.29, 1.82) is 0 Å². The number of rotatable bonds is 3. The number of hydrogen-bond acceptors (Lipinski definition) is 5. The normalized spacial score (nSPS) is 11.0. The van der Waals surface area contributed by atoms with Gasteiger partial charge >= 0.3 is 11.7 Å². The molecule has 18 heavy (non-hydrogen) atoms. The van der Waals surface area contributed by atoms with Crippen LogP contribution in [0.25, 0.3) is 10.2 Å². The van der Waals surface area contributed by atoms with E-state index < -0.39 is 17.2 Å². The van der Waals surface area contributed by atoms with Crippen molar-refractivity contribution in [2.45, 2.75) is 6.54 Å². The van der Waals surface area contributed by atoms with Crippen molar-refractivity contribution in [2.24, 2.45) is 12.8 Å². The quantitative estimate of drug-likeness (QED) is 0.775. The van der Waals surface area contributed by atoms with Crippen LogP contribution in [0.15, 0.2) is 15.7 Å². The van der Waals surface area contributed by atoms with Gasteiger partial charge < -0.3 is 10.8 Å². The third-order valence-corrected chi connectivity index (χ3v) is 3.77. The number of aryl methyl sites for hydroxylation is 1. The van der Waals surface area contributed by atoms with E-state index in [-0.39, 0.29) is 23.4 Å². The average Bonchev–Trinajstić information content (AvgIpc) is 2.77. The first-order valence-corrected chi connectivity index (χ1v) is 5.95. The Morgan fingerprint density at radius 3 is 2.72 bits per heavy atom. The van der Waals surface area contributed by atoms with Crippen molar-refractivity contribution >= 4 is 27.5 Å². The molecule has 0 atom stereocenters. The Kier molecular flexibility index (Phi) is 3.05. The summed E-state index contributed by atoms with van der Waals surface area (Å²) in [5.74, 6) is -1.12. The first-order valence-electron chi connectivity index (χ1n) is 5.14. The summed E-state index contributed by atoms with van der Waals surface area (Å²) >= 11 is 0.906. The first-order chi connectivity index (χ1) is 8.47. The van der Waals surface area contributed by atoms with Gasteiger partial charge in [-0.2, -0.15) is 0 Å². The molecule has 0 aliphatic carbocycles. The highest BCUT2D eigenvalue weighted by Gasteiger charge is 2.16. The van der Waals surface area contributed by atoms with Crippen molar-refractivity contribution < 1.29 is 9.90 Å². The Labute approximate surface area is 105 Å². The molecule has 3 N–H and O–H groups in total. The van der Waals surface area contributed by atoms with Crippen molar-refractivity contribution in [3.63, 3.8) is 0 Å². The summed E-state index contributed by atoms with van der Waals surface area (Å²) in [7, 11) is 1.50. The maximum atomic E-state index is 12.0. The molecule has 0 saturated heterocycles. The summed E-state index contributed by atoms with van der Waals surface area (Å²) in [5.41, 5.74) is 4.36. The molecular formula is C10H11N3O4S. The van der Waals surface area contributed by atoms with Crippen LogP contribution in [-0.2, 0) is 13.6 Å². The van der Waals surface area contributed by atoms with Crippen molar-refractivity contribution in [1.82, 2.24) is 9.13 Å². The van der Waals surface area contributed by atoms with Crippen LogP contribution in [0, 0.1) is 0 Å². The van der Waals surface area contributed by atoms with Crippen LogP contribution in [0.3, 0.4) is 0 Å². The van der Waals surface area contributed by atoms with Crippen molar-refractivity contribution in [3.05, 3.63) is 31.8 Å². The molecule has 8 heteroatoms. The number of fused-ring (bicyclic) bond motifs is 1. The van der Waals surface area contributed by atoms with Gasteiger partial charge in [-0.05, 0) is 6.07 Å². The number of aromatic carboxylic acids is 1. The van der Waals surface area contributed by atoms with Gasteiger partial charge in [-0.1, -0.05) is 0 Å². The molecule has 96 valence electrons. The number of carbonyl (C=O) groups is 1. The molecule has 0 unspecified atom stereocenters. The highest BCUT2D eigenvalue weighted by molar-refractivity contribution is 7.20. The fourth-order valence-electron chi connectivity index (χ4n) is 1.72. The molecule has 0 amide bonds. The van der Waals surface area contributed by atoms with Gasteiger partial charge in [0.05, 0.1) is 5.39 Å². The van der Waals surface area contributed by atoms with Gasteiger partial charge in [0.2, 0.25) is 0 Å². The van der Waals surface area contributed by atoms with Gasteiger partial charge in [0.25, 0.3) is 5.56 Å². The van der Waals surface area contributed by atoms with E-state index in [0.29, 0.717) is 4.83 Å². The van der Waals surface area contributed by atoms with E-state index in [2.05, 4.69) is 0 Å². The Morgan fingerprint density at radius 2 is 2.17 bits per heavy atom. The molecule has 2 aromatic heterocycles. The molecule has 0 spiro atoms. The Morgan fingerprint density at radius 1 is 1.50 bits per heavy atom. The van der Waals surface area contributed by atoms with Gasteiger partial charge in [-0.3, -0.25) is 13.9 Å². The summed E-state index contributed by atoms with van der Waals surface area (Å²) in [6.07, 6.45) is 0. The van der Waals surface area contributed by atoms with Gasteiger partial charge in [0.1, 0.15) is 9.71 Å². The smallest absolute Gasteiger partial charge is 0.345 e. The zero-order chi connectivity index (χ0) is 13.4. The molecule has 0 aromatic carbocycles. The lowest BCUT2D eigenvalue weighted by Gasteiger charge is -2.06. The van der Waals surface area contributed by atoms with Crippen LogP contribution in [0.1, 0.15) is 9.67 Å². The van der Waals surface area contributed by atoms with Gasteiger partial charge in [-0.25, -0.2) is 9.59 Å². The molecular weight excluding hydrogens is 258 g/mol. The van der Waals surface area contributed by atoms with E-state index in [4.69, 9.17) is 10.8 Å². The highest BCUT2D eigenvalue weighted by atomic mass is 32.1. The van der Waals surface area contributed by atoms with Crippen LogP contribution < -0.4 is 17.0 Å². The predicted octanol–water partition coefficient (Wildman–Crippen LogP) is -0.581. The fraction of sp³-hybridized carbons (Fsp3) is 0.300. The van der Waals surface area contributed by atoms with E-state index in [9.17, 15) is 14.4 Å². The third-order valence-electron chi connectivity index (χ3n) is 2.57. The summed E-state index contributed by atoms with van der Waals surface area (Å²) < 4.78 is 2.28. The summed E-state index contributed by atoms with van der Waals surface area (Å²) in [5, 5.41) is 9.13. The second-order valence-corrected chi connectivity index (χ2v) is 4.75. The standard InChI is InChI=1S/C10H11N3O4S/c1-12-8-5(4-6(18-8)9(15)16)7(14)13(3-2-11)10(12)17/h4H,2-3,11H2,1H3,(H,15,16). The number of carboxylic acid groups (broad SMARTS) is 1. The zero-order valence-corrected chi connectivity index (χ0v) is 10.4. The molecule has 0 aliphatic heterocycles. The van der Waals surface area contributed by atoms with E-state index in [0.717, 1.165) is 15.9 Å². The second kappa shape index (κ2) is 4.39. The van der Waals surface area contributed by atoms with Crippen molar-refractivity contribution in [3.8, 4) is 0 Å². The van der Waals surface area contributed by atoms with E-state index in [1.165, 1.54) is 17.7 Å². The molecule has 2 heterocycles. The van der Waals surface area contributed by atoms with Crippen LogP contribution in [0.2, 0.25) is 0 Å². The average molecular weight is 269 g/mol. The lowest BCUT2D eigenvalue weighted by atomic mass is 10.3. The Bertz CT molecular complexity index is 740. The molecule has 7 nitrogen and oxygen atoms in total. The van der Waals surface area contributed by atoms with E-state index in [1.54, 1.807) is 0 Å². The number of aromatic nitrogens is 2. The molecule has 0 bridgehead atoms. The molecule has 2 rings (SSSR count). The maximum absolute atomic E-state index is 12.0. The minimum absolute atomic E-state index is 0.0302. The molecule has 0 fully saturated rings. The third kappa shape index (κ3) is 1.75. The monoisotopic (exact) mass is 269 g/mol. The summed E-state index contributed by atoms with van der Waals surface area (Å²) in [6, 6.07) is 1.29. The molecule has 0 aliphatic rings. The minimum atomic E-state index is -1.12. The lowest BCUT2D eigenvalue weighted by molar-refractivity contribution is 0.0702.